The lowest BCUT2D eigenvalue weighted by molar-refractivity contribution is 0.400. The first-order chi connectivity index (χ1) is 7.70. The molecule has 0 saturated heterocycles. The quantitative estimate of drug-likeness (QED) is 0.837. The number of methoxy groups -OCH3 is 1. The van der Waals surface area contributed by atoms with Gasteiger partial charge in [-0.1, -0.05) is 12.1 Å². The van der Waals surface area contributed by atoms with Crippen LogP contribution < -0.4 is 10.5 Å². The van der Waals surface area contributed by atoms with Crippen LogP contribution in [0.1, 0.15) is 0 Å². The Balaban J connectivity index is 2.48. The maximum Gasteiger partial charge on any atom is 0.240 e. The molecular weight excluding hydrogens is 209 g/mol. The highest BCUT2D eigenvalue weighted by Gasteiger charge is 2.07. The molecule has 0 aliphatic carbocycles. The van der Waals surface area contributed by atoms with Gasteiger partial charge in [-0.3, -0.25) is 0 Å². The number of anilines is 1. The Morgan fingerprint density at radius 2 is 2.19 bits per heavy atom. The number of nitrogen functional groups attached to an aromatic ring is 1. The van der Waals surface area contributed by atoms with Crippen LogP contribution in [0, 0.1) is 5.82 Å². The van der Waals surface area contributed by atoms with Crippen molar-refractivity contribution < 1.29 is 9.13 Å². The second-order valence-corrected chi connectivity index (χ2v) is 3.17. The zero-order valence-corrected chi connectivity index (χ0v) is 8.64. The number of nitrogens with zero attached hydrogens (tertiary/aromatic N) is 2. The lowest BCUT2D eigenvalue weighted by atomic mass is 10.2. The molecular formula is C11H10FN3O. The predicted molar refractivity (Wildman–Crippen MR) is 58.4 cm³/mol. The minimum atomic E-state index is -0.336. The molecule has 1 heterocycles. The first-order valence-corrected chi connectivity index (χ1v) is 4.63. The van der Waals surface area contributed by atoms with Crippen molar-refractivity contribution in [2.45, 2.75) is 0 Å². The van der Waals surface area contributed by atoms with Crippen LogP contribution in [-0.2, 0) is 0 Å². The molecule has 0 unspecified atom stereocenters. The van der Waals surface area contributed by atoms with E-state index < -0.39 is 0 Å². The molecule has 1 aromatic carbocycles. The largest absolute Gasteiger partial charge is 0.479 e. The van der Waals surface area contributed by atoms with Crippen molar-refractivity contribution in [3.05, 3.63) is 36.3 Å². The van der Waals surface area contributed by atoms with E-state index in [0.29, 0.717) is 17.1 Å². The molecule has 82 valence electrons. The third-order valence-corrected chi connectivity index (χ3v) is 2.06. The second kappa shape index (κ2) is 4.14. The van der Waals surface area contributed by atoms with Gasteiger partial charge in [0.1, 0.15) is 11.5 Å². The zero-order chi connectivity index (χ0) is 11.5. The number of hydrogen-bond acceptors (Lipinski definition) is 4. The molecule has 2 aromatic rings. The second-order valence-electron chi connectivity index (χ2n) is 3.17. The van der Waals surface area contributed by atoms with E-state index >= 15 is 0 Å². The molecule has 4 nitrogen and oxygen atoms in total. The van der Waals surface area contributed by atoms with Gasteiger partial charge < -0.3 is 10.5 Å². The van der Waals surface area contributed by atoms with Crippen LogP contribution in [0.5, 0.6) is 5.88 Å². The molecule has 1 aromatic heterocycles. The van der Waals surface area contributed by atoms with Gasteiger partial charge >= 0.3 is 0 Å². The fourth-order valence-electron chi connectivity index (χ4n) is 1.31. The van der Waals surface area contributed by atoms with Crippen LogP contribution >= 0.6 is 0 Å². The molecule has 0 bridgehead atoms. The fourth-order valence-corrected chi connectivity index (χ4v) is 1.31. The minimum absolute atomic E-state index is 0.286. The molecule has 5 heteroatoms. The van der Waals surface area contributed by atoms with Crippen molar-refractivity contribution >= 4 is 5.69 Å². The van der Waals surface area contributed by atoms with Crippen molar-refractivity contribution in [1.82, 2.24) is 9.97 Å². The van der Waals surface area contributed by atoms with Gasteiger partial charge in [-0.2, -0.15) is 4.98 Å². The molecule has 16 heavy (non-hydrogen) atoms. The van der Waals surface area contributed by atoms with Gasteiger partial charge in [0.25, 0.3) is 0 Å². The summed E-state index contributed by atoms with van der Waals surface area (Å²) in [5.41, 5.74) is 6.52. The fraction of sp³-hybridized carbons (Fsp3) is 0.0909. The van der Waals surface area contributed by atoms with Gasteiger partial charge in [0.15, 0.2) is 5.82 Å². The van der Waals surface area contributed by atoms with Crippen LogP contribution in [-0.4, -0.2) is 17.1 Å². The standard InChI is InChI=1S/C11H10FN3O/c1-16-11-9(13)6-14-10(15-11)7-3-2-4-8(12)5-7/h2-6H,13H2,1H3. The average molecular weight is 219 g/mol. The van der Waals surface area contributed by atoms with E-state index in [9.17, 15) is 4.39 Å². The Morgan fingerprint density at radius 3 is 2.88 bits per heavy atom. The lowest BCUT2D eigenvalue weighted by Gasteiger charge is -2.05. The van der Waals surface area contributed by atoms with Crippen molar-refractivity contribution in [1.29, 1.82) is 0 Å². The third kappa shape index (κ3) is 1.93. The van der Waals surface area contributed by atoms with E-state index in [0.717, 1.165) is 0 Å². The van der Waals surface area contributed by atoms with Gasteiger partial charge in [0.2, 0.25) is 5.88 Å². The lowest BCUT2D eigenvalue weighted by Crippen LogP contribution is -1.99. The van der Waals surface area contributed by atoms with E-state index in [1.807, 2.05) is 0 Å². The van der Waals surface area contributed by atoms with Gasteiger partial charge in [0, 0.05) is 5.56 Å². The summed E-state index contributed by atoms with van der Waals surface area (Å²) < 4.78 is 18.0. The van der Waals surface area contributed by atoms with E-state index in [1.54, 1.807) is 12.1 Å². The molecule has 0 fully saturated rings. The summed E-state index contributed by atoms with van der Waals surface area (Å²) >= 11 is 0. The van der Waals surface area contributed by atoms with Crippen LogP contribution in [0.2, 0.25) is 0 Å². The van der Waals surface area contributed by atoms with Crippen LogP contribution in [0.15, 0.2) is 30.5 Å². The van der Waals surface area contributed by atoms with E-state index in [2.05, 4.69) is 9.97 Å². The summed E-state index contributed by atoms with van der Waals surface area (Å²) in [5, 5.41) is 0. The predicted octanol–water partition coefficient (Wildman–Crippen LogP) is 1.87. The first kappa shape index (κ1) is 10.4. The summed E-state index contributed by atoms with van der Waals surface area (Å²) in [4.78, 5) is 8.09. The molecule has 0 amide bonds. The van der Waals surface area contributed by atoms with Gasteiger partial charge in [-0.25, -0.2) is 9.37 Å². The Kier molecular flexibility index (Phi) is 2.68. The van der Waals surface area contributed by atoms with Crippen molar-refractivity contribution in [2.75, 3.05) is 12.8 Å². The molecule has 2 N–H and O–H groups in total. The van der Waals surface area contributed by atoms with Gasteiger partial charge in [0.05, 0.1) is 13.3 Å². The summed E-state index contributed by atoms with van der Waals surface area (Å²) in [6.07, 6.45) is 1.44. The topological polar surface area (TPSA) is 61.0 Å². The highest BCUT2D eigenvalue weighted by Crippen LogP contribution is 2.22. The Morgan fingerprint density at radius 1 is 1.38 bits per heavy atom. The monoisotopic (exact) mass is 219 g/mol. The van der Waals surface area contributed by atoms with E-state index in [-0.39, 0.29) is 11.7 Å². The molecule has 0 aliphatic heterocycles. The summed E-state index contributed by atoms with van der Waals surface area (Å²) in [5.74, 6) is 0.330. The van der Waals surface area contributed by atoms with E-state index in [4.69, 9.17) is 10.5 Å². The maximum atomic E-state index is 13.0. The molecule has 0 aliphatic rings. The van der Waals surface area contributed by atoms with Crippen molar-refractivity contribution in [3.63, 3.8) is 0 Å². The highest BCUT2D eigenvalue weighted by molar-refractivity contribution is 5.58. The van der Waals surface area contributed by atoms with Crippen molar-refractivity contribution in [2.24, 2.45) is 0 Å². The molecule has 0 radical (unpaired) electrons. The summed E-state index contributed by atoms with van der Waals surface area (Å²) in [6.45, 7) is 0. The Labute approximate surface area is 91.9 Å². The molecule has 0 spiro atoms. The number of aromatic nitrogens is 2. The maximum absolute atomic E-state index is 13.0. The average Bonchev–Trinajstić information content (AvgIpc) is 2.29. The molecule has 2 rings (SSSR count). The third-order valence-electron chi connectivity index (χ3n) is 2.06. The van der Waals surface area contributed by atoms with Gasteiger partial charge in [-0.15, -0.1) is 0 Å². The minimum Gasteiger partial charge on any atom is -0.479 e. The Bertz CT molecular complexity index is 516. The number of rotatable bonds is 2. The number of nitrogens with two attached hydrogens (primary N) is 1. The number of hydrogen-bond donors (Lipinski definition) is 1. The van der Waals surface area contributed by atoms with Crippen LogP contribution in [0.3, 0.4) is 0 Å². The summed E-state index contributed by atoms with van der Waals surface area (Å²) in [6, 6.07) is 6.02. The Hall–Kier alpha value is -2.17. The number of halogens is 1. The summed E-state index contributed by atoms with van der Waals surface area (Å²) in [7, 11) is 1.47. The van der Waals surface area contributed by atoms with Crippen molar-refractivity contribution in [3.8, 4) is 17.3 Å². The highest BCUT2D eigenvalue weighted by atomic mass is 19.1. The van der Waals surface area contributed by atoms with Gasteiger partial charge in [-0.05, 0) is 12.1 Å². The van der Waals surface area contributed by atoms with E-state index in [1.165, 1.54) is 25.4 Å². The zero-order valence-electron chi connectivity index (χ0n) is 8.64. The normalized spacial score (nSPS) is 10.1. The molecule has 0 saturated carbocycles. The number of ether oxygens (including phenoxy) is 1. The SMILES string of the molecule is COc1nc(-c2cccc(F)c2)ncc1N. The van der Waals surface area contributed by atoms with Crippen LogP contribution in [0.25, 0.3) is 11.4 Å². The van der Waals surface area contributed by atoms with Crippen LogP contribution in [0.4, 0.5) is 10.1 Å². The number of benzene rings is 1. The smallest absolute Gasteiger partial charge is 0.240 e. The molecule has 0 atom stereocenters. The first-order valence-electron chi connectivity index (χ1n) is 4.63.